The zero-order valence-electron chi connectivity index (χ0n) is 16.3. The molecule has 0 saturated carbocycles. The summed E-state index contributed by atoms with van der Waals surface area (Å²) in [5, 5.41) is 2.58. The van der Waals surface area contributed by atoms with E-state index >= 15 is 0 Å². The smallest absolute Gasteiger partial charge is 0.337 e. The van der Waals surface area contributed by atoms with Crippen LogP contribution in [-0.4, -0.2) is 25.7 Å². The SMILES string of the molecule is CCN(c1cccc2ccccc12)C(C)CCc1ccc(C(=O)OC)cc1. The summed E-state index contributed by atoms with van der Waals surface area (Å²) in [6.07, 6.45) is 2.03. The van der Waals surface area contributed by atoms with Crippen molar-refractivity contribution in [1.82, 2.24) is 0 Å². The van der Waals surface area contributed by atoms with Crippen molar-refractivity contribution >= 4 is 22.4 Å². The van der Waals surface area contributed by atoms with Crippen molar-refractivity contribution in [3.63, 3.8) is 0 Å². The summed E-state index contributed by atoms with van der Waals surface area (Å²) in [4.78, 5) is 14.0. The molecule has 0 spiro atoms. The highest BCUT2D eigenvalue weighted by atomic mass is 16.5. The Balaban J connectivity index is 1.72. The normalized spacial score (nSPS) is 12.0. The summed E-state index contributed by atoms with van der Waals surface area (Å²) in [5.74, 6) is -0.289. The molecule has 140 valence electrons. The summed E-state index contributed by atoms with van der Waals surface area (Å²) in [6.45, 7) is 5.47. The molecule has 1 atom stereocenters. The Labute approximate surface area is 161 Å². The quantitative estimate of drug-likeness (QED) is 0.522. The second kappa shape index (κ2) is 8.72. The highest BCUT2D eigenvalue weighted by Crippen LogP contribution is 2.29. The van der Waals surface area contributed by atoms with Gasteiger partial charge in [-0.25, -0.2) is 4.79 Å². The molecule has 27 heavy (non-hydrogen) atoms. The van der Waals surface area contributed by atoms with E-state index in [0.717, 1.165) is 19.4 Å². The summed E-state index contributed by atoms with van der Waals surface area (Å²) < 4.78 is 4.76. The second-order valence-electron chi connectivity index (χ2n) is 6.86. The third-order valence-electron chi connectivity index (χ3n) is 5.17. The van der Waals surface area contributed by atoms with E-state index in [1.165, 1.54) is 29.1 Å². The minimum atomic E-state index is -0.289. The lowest BCUT2D eigenvalue weighted by atomic mass is 10.0. The molecule has 0 amide bonds. The number of hydrogen-bond donors (Lipinski definition) is 0. The summed E-state index contributed by atoms with van der Waals surface area (Å²) in [5.41, 5.74) is 3.13. The number of ether oxygens (including phenoxy) is 1. The molecular formula is C24H27NO2. The fourth-order valence-corrected chi connectivity index (χ4v) is 3.63. The minimum absolute atomic E-state index is 0.289. The Morgan fingerprint density at radius 2 is 1.70 bits per heavy atom. The van der Waals surface area contributed by atoms with Gasteiger partial charge in [0.05, 0.1) is 12.7 Å². The van der Waals surface area contributed by atoms with E-state index in [1.807, 2.05) is 24.3 Å². The van der Waals surface area contributed by atoms with Crippen LogP contribution in [0, 0.1) is 0 Å². The number of benzene rings is 3. The van der Waals surface area contributed by atoms with E-state index in [9.17, 15) is 4.79 Å². The molecule has 0 aliphatic carbocycles. The standard InChI is InChI=1S/C24H27NO2/c1-4-25(23-11-7-9-20-8-5-6-10-22(20)23)18(2)12-13-19-14-16-21(17-15-19)24(26)27-3/h5-11,14-18H,4,12-13H2,1-3H3. The van der Waals surface area contributed by atoms with Crippen molar-refractivity contribution in [3.05, 3.63) is 77.9 Å². The first-order chi connectivity index (χ1) is 13.1. The van der Waals surface area contributed by atoms with Crippen LogP contribution in [0.2, 0.25) is 0 Å². The number of anilines is 1. The Morgan fingerprint density at radius 1 is 1.00 bits per heavy atom. The van der Waals surface area contributed by atoms with E-state index in [1.54, 1.807) is 0 Å². The molecular weight excluding hydrogens is 334 g/mol. The number of carbonyl (C=O) groups excluding carboxylic acids is 1. The summed E-state index contributed by atoms with van der Waals surface area (Å²) in [6, 6.07) is 23.2. The van der Waals surface area contributed by atoms with E-state index in [2.05, 4.69) is 61.2 Å². The van der Waals surface area contributed by atoms with Gasteiger partial charge in [0.2, 0.25) is 0 Å². The fourth-order valence-electron chi connectivity index (χ4n) is 3.63. The van der Waals surface area contributed by atoms with Crippen molar-refractivity contribution in [1.29, 1.82) is 0 Å². The largest absolute Gasteiger partial charge is 0.465 e. The molecule has 3 heteroatoms. The van der Waals surface area contributed by atoms with Crippen molar-refractivity contribution < 1.29 is 9.53 Å². The van der Waals surface area contributed by atoms with Gasteiger partial charge in [-0.05, 0) is 55.8 Å². The topological polar surface area (TPSA) is 29.5 Å². The lowest BCUT2D eigenvalue weighted by molar-refractivity contribution is 0.0600. The molecule has 3 nitrogen and oxygen atoms in total. The predicted octanol–water partition coefficient (Wildman–Crippen LogP) is 5.47. The van der Waals surface area contributed by atoms with Gasteiger partial charge in [0.25, 0.3) is 0 Å². The van der Waals surface area contributed by atoms with Crippen molar-refractivity contribution in [2.45, 2.75) is 32.7 Å². The van der Waals surface area contributed by atoms with Crippen molar-refractivity contribution in [2.24, 2.45) is 0 Å². The first-order valence-electron chi connectivity index (χ1n) is 9.55. The number of hydrogen-bond acceptors (Lipinski definition) is 3. The first-order valence-corrected chi connectivity index (χ1v) is 9.55. The van der Waals surface area contributed by atoms with Crippen molar-refractivity contribution in [2.75, 3.05) is 18.6 Å². The number of aryl methyl sites for hydroxylation is 1. The number of esters is 1. The number of nitrogens with zero attached hydrogens (tertiary/aromatic N) is 1. The van der Waals surface area contributed by atoms with Crippen LogP contribution < -0.4 is 4.90 Å². The van der Waals surface area contributed by atoms with Gasteiger partial charge in [-0.3, -0.25) is 0 Å². The molecule has 3 aromatic rings. The van der Waals surface area contributed by atoms with Crippen LogP contribution in [0.25, 0.3) is 10.8 Å². The monoisotopic (exact) mass is 361 g/mol. The van der Waals surface area contributed by atoms with Gasteiger partial charge in [-0.15, -0.1) is 0 Å². The molecule has 3 rings (SSSR count). The van der Waals surface area contributed by atoms with Crippen LogP contribution in [0.1, 0.15) is 36.2 Å². The highest BCUT2D eigenvalue weighted by Gasteiger charge is 2.15. The molecule has 0 N–H and O–H groups in total. The van der Waals surface area contributed by atoms with Crippen LogP contribution in [0.15, 0.2) is 66.7 Å². The maximum atomic E-state index is 11.6. The van der Waals surface area contributed by atoms with E-state index < -0.39 is 0 Å². The van der Waals surface area contributed by atoms with Gasteiger partial charge in [-0.2, -0.15) is 0 Å². The second-order valence-corrected chi connectivity index (χ2v) is 6.86. The van der Waals surface area contributed by atoms with Crippen molar-refractivity contribution in [3.8, 4) is 0 Å². The van der Waals surface area contributed by atoms with Gasteiger partial charge in [0.15, 0.2) is 0 Å². The molecule has 3 aromatic carbocycles. The molecule has 0 saturated heterocycles. The van der Waals surface area contributed by atoms with Gasteiger partial charge >= 0.3 is 5.97 Å². The lowest BCUT2D eigenvalue weighted by Gasteiger charge is -2.31. The van der Waals surface area contributed by atoms with Gasteiger partial charge < -0.3 is 9.64 Å². The third-order valence-corrected chi connectivity index (χ3v) is 5.17. The van der Waals surface area contributed by atoms with Crippen LogP contribution in [-0.2, 0) is 11.2 Å². The van der Waals surface area contributed by atoms with Crippen LogP contribution in [0.5, 0.6) is 0 Å². The predicted molar refractivity (Wildman–Crippen MR) is 113 cm³/mol. The molecule has 0 bridgehead atoms. The highest BCUT2D eigenvalue weighted by molar-refractivity contribution is 5.94. The average molecular weight is 361 g/mol. The first kappa shape index (κ1) is 19.0. The Kier molecular flexibility index (Phi) is 6.12. The zero-order valence-corrected chi connectivity index (χ0v) is 16.3. The summed E-state index contributed by atoms with van der Waals surface area (Å²) in [7, 11) is 1.41. The number of fused-ring (bicyclic) bond motifs is 1. The maximum absolute atomic E-state index is 11.6. The fraction of sp³-hybridized carbons (Fsp3) is 0.292. The van der Waals surface area contributed by atoms with Crippen LogP contribution >= 0.6 is 0 Å². The Hall–Kier alpha value is -2.81. The average Bonchev–Trinajstić information content (AvgIpc) is 2.72. The maximum Gasteiger partial charge on any atom is 0.337 e. The van der Waals surface area contributed by atoms with Gasteiger partial charge in [-0.1, -0.05) is 48.5 Å². The summed E-state index contributed by atoms with van der Waals surface area (Å²) >= 11 is 0. The van der Waals surface area contributed by atoms with E-state index in [0.29, 0.717) is 11.6 Å². The molecule has 0 radical (unpaired) electrons. The molecule has 0 heterocycles. The Bertz CT molecular complexity index is 896. The zero-order chi connectivity index (χ0) is 19.2. The molecule has 0 fully saturated rings. The molecule has 0 aliphatic rings. The molecule has 0 aliphatic heterocycles. The third kappa shape index (κ3) is 4.30. The number of methoxy groups -OCH3 is 1. The molecule has 0 aromatic heterocycles. The Morgan fingerprint density at radius 3 is 2.41 bits per heavy atom. The minimum Gasteiger partial charge on any atom is -0.465 e. The van der Waals surface area contributed by atoms with Gasteiger partial charge in [0, 0.05) is 23.7 Å². The van der Waals surface area contributed by atoms with Crippen LogP contribution in [0.3, 0.4) is 0 Å². The van der Waals surface area contributed by atoms with E-state index in [-0.39, 0.29) is 5.97 Å². The van der Waals surface area contributed by atoms with Crippen LogP contribution in [0.4, 0.5) is 5.69 Å². The van der Waals surface area contributed by atoms with E-state index in [4.69, 9.17) is 4.74 Å². The number of rotatable bonds is 7. The lowest BCUT2D eigenvalue weighted by Crippen LogP contribution is -2.33. The molecule has 1 unspecified atom stereocenters. The van der Waals surface area contributed by atoms with Gasteiger partial charge in [0.1, 0.15) is 0 Å². The number of carbonyl (C=O) groups is 1.